The predicted molar refractivity (Wildman–Crippen MR) is 187 cm³/mol. The Balaban J connectivity index is 2.00. The SMILES string of the molecule is COC(=O)c1c(Cc2ccc(N(C)C)c(-c3ccc(N(C)C)cc3)c2C(=O)OC)ccc(N(C)C)c1-c1ccc(N(C)C)cc1. The molecule has 0 aliphatic heterocycles. The van der Waals surface area contributed by atoms with E-state index < -0.39 is 11.9 Å². The van der Waals surface area contributed by atoms with Gasteiger partial charge in [-0.05, 0) is 65.1 Å². The first kappa shape index (κ1) is 32.9. The molecule has 0 unspecified atom stereocenters. The first-order valence-corrected chi connectivity index (χ1v) is 14.8. The summed E-state index contributed by atoms with van der Waals surface area (Å²) in [6.07, 6.45) is 0.307. The van der Waals surface area contributed by atoms with Crippen LogP contribution in [0.3, 0.4) is 0 Å². The molecule has 0 radical (unpaired) electrons. The van der Waals surface area contributed by atoms with Crippen molar-refractivity contribution < 1.29 is 19.1 Å². The van der Waals surface area contributed by atoms with Crippen LogP contribution in [-0.2, 0) is 15.9 Å². The van der Waals surface area contributed by atoms with Crippen LogP contribution < -0.4 is 19.6 Å². The maximum Gasteiger partial charge on any atom is 0.338 e. The molecule has 0 aromatic heterocycles. The van der Waals surface area contributed by atoms with Crippen molar-refractivity contribution in [1.82, 2.24) is 0 Å². The van der Waals surface area contributed by atoms with E-state index in [1.807, 2.05) is 149 Å². The summed E-state index contributed by atoms with van der Waals surface area (Å²) in [5, 5.41) is 0. The smallest absolute Gasteiger partial charge is 0.338 e. The van der Waals surface area contributed by atoms with E-state index in [4.69, 9.17) is 9.47 Å². The molecule has 0 aliphatic rings. The van der Waals surface area contributed by atoms with Crippen LogP contribution in [0.2, 0.25) is 0 Å². The third kappa shape index (κ3) is 6.75. The summed E-state index contributed by atoms with van der Waals surface area (Å²) in [5.41, 5.74) is 9.63. The molecule has 0 saturated heterocycles. The number of rotatable bonds is 10. The molecule has 8 nitrogen and oxygen atoms in total. The molecule has 0 amide bonds. The van der Waals surface area contributed by atoms with E-state index in [2.05, 4.69) is 0 Å². The van der Waals surface area contributed by atoms with Gasteiger partial charge in [-0.1, -0.05) is 36.4 Å². The van der Waals surface area contributed by atoms with Gasteiger partial charge in [-0.2, -0.15) is 0 Å². The van der Waals surface area contributed by atoms with Gasteiger partial charge in [0.05, 0.1) is 25.3 Å². The van der Waals surface area contributed by atoms with Gasteiger partial charge in [-0.25, -0.2) is 9.59 Å². The highest BCUT2D eigenvalue weighted by Crippen LogP contribution is 2.40. The second-order valence-electron chi connectivity index (χ2n) is 11.8. The Hall–Kier alpha value is -4.98. The average molecular weight is 609 g/mol. The zero-order chi connectivity index (χ0) is 33.0. The lowest BCUT2D eigenvalue weighted by molar-refractivity contribution is 0.0593. The number of carbonyl (C=O) groups is 2. The molecule has 0 heterocycles. The zero-order valence-electron chi connectivity index (χ0n) is 28.1. The molecule has 45 heavy (non-hydrogen) atoms. The van der Waals surface area contributed by atoms with Crippen LogP contribution >= 0.6 is 0 Å². The standard InChI is InChI=1S/C37H44N4O4/c1-38(2)28-17-11-24(12-18-28)32-30(40(5)6)21-15-26(34(32)36(42)44-9)23-27-16-22-31(41(7)8)33(35(27)37(43)45-10)25-13-19-29(20-14-25)39(3)4/h11-22H,23H2,1-10H3. The molecule has 8 heteroatoms. The first-order chi connectivity index (χ1) is 21.4. The van der Waals surface area contributed by atoms with Crippen molar-refractivity contribution in [3.05, 3.63) is 95.1 Å². The summed E-state index contributed by atoms with van der Waals surface area (Å²) in [6.45, 7) is 0. The van der Waals surface area contributed by atoms with Crippen LogP contribution in [0, 0.1) is 0 Å². The highest BCUT2D eigenvalue weighted by atomic mass is 16.5. The second kappa shape index (κ2) is 13.8. The Morgan fingerprint density at radius 3 is 1.09 bits per heavy atom. The molecular formula is C37H44N4O4. The number of methoxy groups -OCH3 is 2. The maximum absolute atomic E-state index is 13.6. The van der Waals surface area contributed by atoms with Gasteiger partial charge in [-0.3, -0.25) is 0 Å². The highest BCUT2D eigenvalue weighted by molar-refractivity contribution is 6.05. The number of ether oxygens (including phenoxy) is 2. The lowest BCUT2D eigenvalue weighted by Crippen LogP contribution is -2.17. The lowest BCUT2D eigenvalue weighted by atomic mass is 9.86. The Morgan fingerprint density at radius 1 is 0.489 bits per heavy atom. The van der Waals surface area contributed by atoms with Crippen molar-refractivity contribution in [1.29, 1.82) is 0 Å². The third-order valence-corrected chi connectivity index (χ3v) is 8.01. The van der Waals surface area contributed by atoms with Crippen LogP contribution in [0.5, 0.6) is 0 Å². The normalized spacial score (nSPS) is 10.7. The Morgan fingerprint density at radius 2 is 0.822 bits per heavy atom. The number of carbonyl (C=O) groups excluding carboxylic acids is 2. The van der Waals surface area contributed by atoms with Crippen molar-refractivity contribution in [2.24, 2.45) is 0 Å². The van der Waals surface area contributed by atoms with Crippen LogP contribution in [0.1, 0.15) is 31.8 Å². The molecule has 4 aromatic rings. The number of hydrogen-bond donors (Lipinski definition) is 0. The molecule has 0 fully saturated rings. The predicted octanol–water partition coefficient (Wildman–Crippen LogP) is 6.45. The molecule has 0 N–H and O–H groups in total. The summed E-state index contributed by atoms with van der Waals surface area (Å²) in [5.74, 6) is -0.881. The van der Waals surface area contributed by atoms with Gasteiger partial charge < -0.3 is 29.1 Å². The summed E-state index contributed by atoms with van der Waals surface area (Å²) in [6, 6.07) is 24.2. The Labute approximate surface area is 267 Å². The molecule has 0 bridgehead atoms. The van der Waals surface area contributed by atoms with Gasteiger partial charge in [0.25, 0.3) is 0 Å². The van der Waals surface area contributed by atoms with Crippen LogP contribution in [0.15, 0.2) is 72.8 Å². The van der Waals surface area contributed by atoms with Crippen LogP contribution in [-0.4, -0.2) is 82.5 Å². The summed E-state index contributed by atoms with van der Waals surface area (Å²) in [4.78, 5) is 35.3. The highest BCUT2D eigenvalue weighted by Gasteiger charge is 2.27. The molecule has 4 aromatic carbocycles. The molecule has 0 aliphatic carbocycles. The van der Waals surface area contributed by atoms with Gasteiger partial charge in [0.1, 0.15) is 0 Å². The number of benzene rings is 4. The summed E-state index contributed by atoms with van der Waals surface area (Å²) in [7, 11) is 18.6. The van der Waals surface area contributed by atoms with Gasteiger partial charge in [0.15, 0.2) is 0 Å². The van der Waals surface area contributed by atoms with Crippen LogP contribution in [0.4, 0.5) is 22.7 Å². The average Bonchev–Trinajstić information content (AvgIpc) is 3.03. The minimum Gasteiger partial charge on any atom is -0.465 e. The van der Waals surface area contributed by atoms with Crippen LogP contribution in [0.25, 0.3) is 22.3 Å². The Bertz CT molecular complexity index is 1550. The van der Waals surface area contributed by atoms with Gasteiger partial charge >= 0.3 is 11.9 Å². The van der Waals surface area contributed by atoms with E-state index in [1.54, 1.807) is 0 Å². The number of esters is 2. The largest absolute Gasteiger partial charge is 0.465 e. The van der Waals surface area contributed by atoms with Gasteiger partial charge in [0.2, 0.25) is 0 Å². The van der Waals surface area contributed by atoms with E-state index in [0.29, 0.717) is 17.5 Å². The van der Waals surface area contributed by atoms with E-state index in [0.717, 1.165) is 56.1 Å². The van der Waals surface area contributed by atoms with Crippen molar-refractivity contribution in [2.45, 2.75) is 6.42 Å². The van der Waals surface area contributed by atoms with Gasteiger partial charge in [0, 0.05) is 90.3 Å². The van der Waals surface area contributed by atoms with E-state index in [9.17, 15) is 9.59 Å². The maximum atomic E-state index is 13.6. The fraction of sp³-hybridized carbons (Fsp3) is 0.297. The lowest BCUT2D eigenvalue weighted by Gasteiger charge is -2.25. The van der Waals surface area contributed by atoms with Crippen molar-refractivity contribution >= 4 is 34.7 Å². The molecule has 0 spiro atoms. The van der Waals surface area contributed by atoms with E-state index in [1.165, 1.54) is 14.2 Å². The topological polar surface area (TPSA) is 65.6 Å². The summed E-state index contributed by atoms with van der Waals surface area (Å²) < 4.78 is 10.8. The molecule has 0 atom stereocenters. The minimum atomic E-state index is -0.440. The Kier molecular flexibility index (Phi) is 10.1. The zero-order valence-corrected chi connectivity index (χ0v) is 28.1. The molecule has 4 rings (SSSR count). The van der Waals surface area contributed by atoms with Gasteiger partial charge in [-0.15, -0.1) is 0 Å². The minimum absolute atomic E-state index is 0.307. The quantitative estimate of drug-likeness (QED) is 0.191. The summed E-state index contributed by atoms with van der Waals surface area (Å²) >= 11 is 0. The monoisotopic (exact) mass is 608 g/mol. The van der Waals surface area contributed by atoms with Crippen molar-refractivity contribution in [3.8, 4) is 22.3 Å². The van der Waals surface area contributed by atoms with Crippen molar-refractivity contribution in [3.63, 3.8) is 0 Å². The number of hydrogen-bond acceptors (Lipinski definition) is 8. The van der Waals surface area contributed by atoms with Crippen molar-refractivity contribution in [2.75, 3.05) is 90.2 Å². The molecular weight excluding hydrogens is 564 g/mol. The van der Waals surface area contributed by atoms with E-state index in [-0.39, 0.29) is 0 Å². The number of nitrogens with zero attached hydrogens (tertiary/aromatic N) is 4. The fourth-order valence-corrected chi connectivity index (χ4v) is 5.62. The molecule has 0 saturated carbocycles. The third-order valence-electron chi connectivity index (χ3n) is 8.01. The molecule has 236 valence electrons. The van der Waals surface area contributed by atoms with E-state index >= 15 is 0 Å². The fourth-order valence-electron chi connectivity index (χ4n) is 5.62. The number of anilines is 4. The second-order valence-corrected chi connectivity index (χ2v) is 11.8. The first-order valence-electron chi connectivity index (χ1n) is 14.8.